The van der Waals surface area contributed by atoms with Crippen molar-refractivity contribution in [3.63, 3.8) is 0 Å². The van der Waals surface area contributed by atoms with Crippen molar-refractivity contribution in [3.05, 3.63) is 102 Å². The molecule has 0 bridgehead atoms. The van der Waals surface area contributed by atoms with Gasteiger partial charge < -0.3 is 133 Å². The fourth-order valence-electron chi connectivity index (χ4n) is 12.9. The number of hydrogen-bond donors (Lipinski definition) is 26. The van der Waals surface area contributed by atoms with Crippen LogP contribution in [0.1, 0.15) is 150 Å². The zero-order valence-corrected chi connectivity index (χ0v) is 72.0. The molecule has 0 saturated heterocycles. The monoisotopic (exact) mass is 1750 g/mol. The van der Waals surface area contributed by atoms with Crippen molar-refractivity contribution < 1.29 is 102 Å². The highest BCUT2D eigenvalue weighted by molar-refractivity contribution is 6.01. The maximum absolute atomic E-state index is 14.9. The van der Waals surface area contributed by atoms with Crippen LogP contribution < -0.4 is 103 Å². The van der Waals surface area contributed by atoms with Crippen molar-refractivity contribution in [2.75, 3.05) is 32.7 Å². The lowest BCUT2D eigenvalue weighted by Gasteiger charge is -2.31. The first-order valence-corrected chi connectivity index (χ1v) is 41.7. The Morgan fingerprint density at radius 2 is 0.848 bits per heavy atom. The molecule has 1 heterocycles. The number of phenolic OH excluding ortho intramolecular Hbond substituents is 1. The number of carboxylic acids is 2. The van der Waals surface area contributed by atoms with Crippen LogP contribution in [0.4, 0.5) is 0 Å². The first-order chi connectivity index (χ1) is 59.1. The first kappa shape index (κ1) is 105. The predicted molar refractivity (Wildman–Crippen MR) is 459 cm³/mol. The summed E-state index contributed by atoms with van der Waals surface area (Å²) in [6.45, 7) is 12.2. The second kappa shape index (κ2) is 53.6. The molecule has 4 aromatic rings. The highest BCUT2D eigenvalue weighted by atomic mass is 16.4. The topological polar surface area (TPSA) is 698 Å². The maximum atomic E-state index is 14.9. The van der Waals surface area contributed by atoms with Gasteiger partial charge in [0.25, 0.3) is 0 Å². The van der Waals surface area contributed by atoms with Gasteiger partial charge in [-0.05, 0) is 138 Å². The standard InChI is InChI=1S/C83H127N21O21/c1-10-44(5)67(80(122)100-61(82(124)125)37-50-29-31-52(107)32-30-50)103-81(123)68(45(6)11-2)102-73(115)57(27-18-20-34-85)97-76(118)60(39-64(110)111)99-72(114)55(28-21-35-89-83(87)88)94-62(108)41-92-79(121)69(48(9)106)104-70(112)46(7)93-71(113)56(26-17-19-33-84)96-75(117)59(38-51-40-90-54-25-16-15-24-53(51)54)98-74(116)58(36-49-22-13-12-14-23-49)95-63(109)42-91-78(120)66(43(3)4)101-77(119)65(86)47(8)105/h12-16,22-25,29-32,40,43-48,55-61,65-69,90,105-107H,10-11,17-21,26-28,33-39,41-42,84-86H2,1-9H3,(H,91,120)(H,92,121)(H,93,113)(H,94,108)(H,95,109)(H,96,117)(H,97,118)(H,98,116)(H,99,114)(H,100,122)(H,101,119)(H,102,115)(H,103,123)(H,104,112)(H,110,111)(H,124,125)(H4,87,88,89)/t44-,45-,46-,47+,48+,55-,56-,57-,58-,59-,60-,61-,65-,66-,67-,68-,69-/m0/s1. The van der Waals surface area contributed by atoms with E-state index in [0.717, 1.165) is 6.92 Å². The lowest BCUT2D eigenvalue weighted by atomic mass is 9.94. The van der Waals surface area contributed by atoms with E-state index in [0.29, 0.717) is 46.9 Å². The Kier molecular flexibility index (Phi) is 45.0. The third kappa shape index (κ3) is 36.1. The van der Waals surface area contributed by atoms with Gasteiger partial charge in [-0.2, -0.15) is 0 Å². The van der Waals surface area contributed by atoms with Crippen molar-refractivity contribution in [1.82, 2.24) is 84.7 Å². The van der Waals surface area contributed by atoms with E-state index in [-0.39, 0.29) is 89.6 Å². The number of aliphatic carboxylic acids is 2. The second-order valence-corrected chi connectivity index (χ2v) is 31.3. The Morgan fingerprint density at radius 1 is 0.424 bits per heavy atom. The Balaban J connectivity index is 1.53. The molecule has 17 atom stereocenters. The number of phenols is 1. The number of aromatic amines is 1. The zero-order chi connectivity index (χ0) is 93.3. The van der Waals surface area contributed by atoms with Crippen molar-refractivity contribution in [2.45, 2.75) is 243 Å². The van der Waals surface area contributed by atoms with Crippen molar-refractivity contribution >= 4 is 112 Å². The molecule has 0 aliphatic carbocycles. The number of unbranched alkanes of at least 4 members (excludes halogenated alkanes) is 2. The summed E-state index contributed by atoms with van der Waals surface area (Å²) < 4.78 is 0. The SMILES string of the molecule is CC[C@H](C)[C@H](NC(=O)[C@H](CCCCN)NC(=O)[C@H](CC(=O)O)NC(=O)[C@H](CCCNC(=N)N)NC(=O)CNC(=O)[C@@H](NC(=O)[C@H](C)NC(=O)[C@H](CCCCN)NC(=O)[C@H](Cc1c[nH]c2ccccc12)NC(=O)[C@H](Cc1ccccc1)NC(=O)CNC(=O)[C@@H](NC(=O)[C@@H](N)[C@@H](C)O)C(C)C)[C@@H](C)O)C(=O)N[C@H](C(=O)N[C@@H](Cc1ccc(O)cc1)C(=O)O)[C@@H](C)CC. The lowest BCUT2D eigenvalue weighted by molar-refractivity contribution is -0.143. The average molecular weight is 1760 g/mol. The minimum Gasteiger partial charge on any atom is -0.508 e. The number of guanidine groups is 1. The van der Waals surface area contributed by atoms with Gasteiger partial charge in [0, 0.05) is 42.9 Å². The molecule has 1 aromatic heterocycles. The predicted octanol–water partition coefficient (Wildman–Crippen LogP) is -4.11. The maximum Gasteiger partial charge on any atom is 0.326 e. The van der Waals surface area contributed by atoms with E-state index in [2.05, 4.69) is 84.7 Å². The first-order valence-electron chi connectivity index (χ1n) is 41.7. The summed E-state index contributed by atoms with van der Waals surface area (Å²) in [6, 6.07) is 1.55. The molecule has 0 aliphatic heterocycles. The summed E-state index contributed by atoms with van der Waals surface area (Å²) in [4.78, 5) is 225. The number of nitrogens with one attached hydrogen (secondary N) is 17. The molecule has 0 radical (unpaired) electrons. The van der Waals surface area contributed by atoms with Crippen LogP contribution >= 0.6 is 0 Å². The smallest absolute Gasteiger partial charge is 0.326 e. The van der Waals surface area contributed by atoms with Crippen molar-refractivity contribution in [2.24, 2.45) is 40.7 Å². The van der Waals surface area contributed by atoms with Gasteiger partial charge in [0.15, 0.2) is 5.96 Å². The number of benzene rings is 3. The number of fused-ring (bicyclic) bond motifs is 1. The number of aromatic hydroxyl groups is 1. The Labute approximate surface area is 724 Å². The Bertz CT molecular complexity index is 4290. The number of carboxylic acid groups (broad SMARTS) is 2. The second-order valence-electron chi connectivity index (χ2n) is 31.3. The van der Waals surface area contributed by atoms with Crippen LogP contribution in [-0.4, -0.2) is 255 Å². The van der Waals surface area contributed by atoms with Crippen molar-refractivity contribution in [3.8, 4) is 5.75 Å². The van der Waals surface area contributed by atoms with Crippen LogP contribution in [0, 0.1) is 23.2 Å². The van der Waals surface area contributed by atoms with E-state index in [4.69, 9.17) is 28.3 Å². The van der Waals surface area contributed by atoms with Crippen LogP contribution in [0.3, 0.4) is 0 Å². The fraction of sp³-hybridized carbons (Fsp3) is 0.554. The molecule has 0 fully saturated rings. The molecule has 14 amide bonds. The lowest BCUT2D eigenvalue weighted by Crippen LogP contribution is -2.61. The molecule has 42 nitrogen and oxygen atoms in total. The van der Waals surface area contributed by atoms with Crippen LogP contribution in [0.2, 0.25) is 0 Å². The van der Waals surface area contributed by atoms with Gasteiger partial charge in [-0.3, -0.25) is 77.3 Å². The Morgan fingerprint density at radius 3 is 1.37 bits per heavy atom. The molecule has 4 rings (SSSR count). The van der Waals surface area contributed by atoms with E-state index in [9.17, 15) is 102 Å². The van der Waals surface area contributed by atoms with Crippen molar-refractivity contribution in [1.29, 1.82) is 5.41 Å². The molecule has 0 unspecified atom stereocenters. The number of rotatable bonds is 56. The summed E-state index contributed by atoms with van der Waals surface area (Å²) >= 11 is 0. The summed E-state index contributed by atoms with van der Waals surface area (Å²) in [7, 11) is 0. The fourth-order valence-corrected chi connectivity index (χ4v) is 12.9. The molecule has 42 heteroatoms. The normalized spacial score (nSPS) is 15.3. The Hall–Kier alpha value is -12.4. The number of para-hydroxylation sites is 1. The van der Waals surface area contributed by atoms with E-state index >= 15 is 0 Å². The summed E-state index contributed by atoms with van der Waals surface area (Å²) in [5.41, 5.74) is 25.1. The summed E-state index contributed by atoms with van der Waals surface area (Å²) in [5.74, 6) is -18.8. The molecule has 125 heavy (non-hydrogen) atoms. The number of aliphatic hydroxyl groups excluding tert-OH is 2. The third-order valence-corrected chi connectivity index (χ3v) is 20.8. The van der Waals surface area contributed by atoms with Gasteiger partial charge in [0.2, 0.25) is 82.7 Å². The van der Waals surface area contributed by atoms with E-state index in [1.54, 1.807) is 102 Å². The number of hydrogen-bond acceptors (Lipinski definition) is 23. The summed E-state index contributed by atoms with van der Waals surface area (Å²) in [6.07, 6.45) is -1.82. The van der Waals surface area contributed by atoms with Gasteiger partial charge in [-0.15, -0.1) is 0 Å². The van der Waals surface area contributed by atoms with Gasteiger partial charge in [-0.1, -0.05) is 115 Å². The molecule has 30 N–H and O–H groups in total. The molecule has 0 aliphatic rings. The highest BCUT2D eigenvalue weighted by Gasteiger charge is 2.40. The zero-order valence-electron chi connectivity index (χ0n) is 72.0. The number of nitrogens with two attached hydrogens (primary N) is 4. The van der Waals surface area contributed by atoms with Gasteiger partial charge in [-0.25, -0.2) is 4.79 Å². The number of H-pyrrole nitrogens is 1. The van der Waals surface area contributed by atoms with Crippen LogP contribution in [-0.2, 0) is 96.0 Å². The number of aromatic nitrogens is 1. The number of amides is 14. The number of carbonyl (C=O) groups is 16. The number of carbonyl (C=O) groups excluding carboxylic acids is 14. The molecule has 690 valence electrons. The number of aliphatic hydroxyl groups is 2. The largest absolute Gasteiger partial charge is 0.508 e. The molecule has 0 saturated carbocycles. The third-order valence-electron chi connectivity index (χ3n) is 20.8. The molecular weight excluding hydrogens is 1630 g/mol. The van der Waals surface area contributed by atoms with Gasteiger partial charge >= 0.3 is 11.9 Å². The van der Waals surface area contributed by atoms with Gasteiger partial charge in [0.05, 0.1) is 31.7 Å². The average Bonchev–Trinajstić information content (AvgIpc) is 1.70. The van der Waals surface area contributed by atoms with Gasteiger partial charge in [0.1, 0.15) is 84.3 Å². The van der Waals surface area contributed by atoms with E-state index in [1.807, 2.05) is 0 Å². The minimum absolute atomic E-state index is 0.0296. The minimum atomic E-state index is -1.98. The van der Waals surface area contributed by atoms with E-state index < -0.39 is 229 Å². The summed E-state index contributed by atoms with van der Waals surface area (Å²) in [5, 5.41) is 96.6. The van der Waals surface area contributed by atoms with E-state index in [1.165, 1.54) is 38.1 Å². The molecular formula is C83H127N21O21. The van der Waals surface area contributed by atoms with Crippen LogP contribution in [0.15, 0.2) is 85.1 Å². The quantitative estimate of drug-likeness (QED) is 0.0113. The molecule has 0 spiro atoms. The van der Waals surface area contributed by atoms with Crippen LogP contribution in [0.25, 0.3) is 10.9 Å². The highest BCUT2D eigenvalue weighted by Crippen LogP contribution is 2.22. The molecule has 3 aromatic carbocycles. The van der Waals surface area contributed by atoms with Crippen LogP contribution in [0.5, 0.6) is 5.75 Å².